The molecule has 2 saturated carbocycles. The van der Waals surface area contributed by atoms with E-state index < -0.39 is 0 Å². The first-order valence-electron chi connectivity index (χ1n) is 7.09. The van der Waals surface area contributed by atoms with Crippen molar-refractivity contribution in [2.75, 3.05) is 6.54 Å². The van der Waals surface area contributed by atoms with Gasteiger partial charge in [0.25, 0.3) is 0 Å². The quantitative estimate of drug-likeness (QED) is 0.657. The van der Waals surface area contributed by atoms with Crippen LogP contribution in [0.2, 0.25) is 0 Å². The molecule has 15 heavy (non-hydrogen) atoms. The van der Waals surface area contributed by atoms with Gasteiger partial charge in [-0.1, -0.05) is 32.1 Å². The number of hydrogen-bond acceptors (Lipinski definition) is 1. The molecule has 0 aromatic carbocycles. The van der Waals surface area contributed by atoms with Crippen molar-refractivity contribution in [3.63, 3.8) is 0 Å². The maximum absolute atomic E-state index is 3.68. The van der Waals surface area contributed by atoms with Crippen LogP contribution in [0.1, 0.15) is 64.7 Å². The molecule has 0 spiro atoms. The van der Waals surface area contributed by atoms with Crippen LogP contribution in [0.4, 0.5) is 0 Å². The first kappa shape index (κ1) is 11.4. The number of nitrogens with one attached hydrogen (secondary N) is 1. The fourth-order valence-electron chi connectivity index (χ4n) is 2.96. The van der Waals surface area contributed by atoms with Crippen LogP contribution in [-0.4, -0.2) is 12.6 Å². The first-order valence-corrected chi connectivity index (χ1v) is 7.09. The summed E-state index contributed by atoms with van der Waals surface area (Å²) in [5.41, 5.74) is 0. The minimum atomic E-state index is 0.788. The van der Waals surface area contributed by atoms with E-state index in [0.717, 1.165) is 17.9 Å². The molecule has 88 valence electrons. The van der Waals surface area contributed by atoms with E-state index in [2.05, 4.69) is 12.2 Å². The highest BCUT2D eigenvalue weighted by Gasteiger charge is 2.27. The third-order valence-electron chi connectivity index (χ3n) is 4.31. The van der Waals surface area contributed by atoms with E-state index in [1.54, 1.807) is 0 Å². The summed E-state index contributed by atoms with van der Waals surface area (Å²) < 4.78 is 0. The summed E-state index contributed by atoms with van der Waals surface area (Å²) >= 11 is 0. The molecule has 0 aromatic heterocycles. The SMILES string of the molecule is CC(NCCCC1CCCCC1)C1CC1. The van der Waals surface area contributed by atoms with Crippen molar-refractivity contribution in [2.45, 2.75) is 70.8 Å². The monoisotopic (exact) mass is 209 g/mol. The van der Waals surface area contributed by atoms with E-state index >= 15 is 0 Å². The molecular formula is C14H27N. The van der Waals surface area contributed by atoms with Crippen LogP contribution in [-0.2, 0) is 0 Å². The zero-order valence-electron chi connectivity index (χ0n) is 10.3. The number of rotatable bonds is 6. The van der Waals surface area contributed by atoms with Gasteiger partial charge in [-0.25, -0.2) is 0 Å². The standard InChI is InChI=1S/C14H27N/c1-12(14-9-10-14)15-11-5-8-13-6-3-2-4-7-13/h12-15H,2-11H2,1H3. The predicted molar refractivity (Wildman–Crippen MR) is 66.0 cm³/mol. The molecule has 0 heterocycles. The summed E-state index contributed by atoms with van der Waals surface area (Å²) in [5.74, 6) is 2.08. The highest BCUT2D eigenvalue weighted by atomic mass is 14.9. The predicted octanol–water partition coefficient (Wildman–Crippen LogP) is 3.74. The minimum absolute atomic E-state index is 0.788. The van der Waals surface area contributed by atoms with Crippen LogP contribution in [0, 0.1) is 11.8 Å². The van der Waals surface area contributed by atoms with Crippen LogP contribution in [0.25, 0.3) is 0 Å². The topological polar surface area (TPSA) is 12.0 Å². The molecule has 1 atom stereocenters. The average Bonchev–Trinajstić information content (AvgIpc) is 3.09. The maximum Gasteiger partial charge on any atom is 0.00669 e. The summed E-state index contributed by atoms with van der Waals surface area (Å²) in [4.78, 5) is 0. The molecule has 0 bridgehead atoms. The molecule has 1 nitrogen and oxygen atoms in total. The van der Waals surface area contributed by atoms with Gasteiger partial charge in [0, 0.05) is 6.04 Å². The van der Waals surface area contributed by atoms with Gasteiger partial charge in [-0.2, -0.15) is 0 Å². The third-order valence-corrected chi connectivity index (χ3v) is 4.31. The van der Waals surface area contributed by atoms with Crippen LogP contribution < -0.4 is 5.32 Å². The maximum atomic E-state index is 3.68. The van der Waals surface area contributed by atoms with Gasteiger partial charge >= 0.3 is 0 Å². The number of hydrogen-bond donors (Lipinski definition) is 1. The molecule has 0 amide bonds. The van der Waals surface area contributed by atoms with Gasteiger partial charge in [0.1, 0.15) is 0 Å². The zero-order chi connectivity index (χ0) is 10.5. The van der Waals surface area contributed by atoms with Crippen LogP contribution in [0.15, 0.2) is 0 Å². The molecule has 0 saturated heterocycles. The van der Waals surface area contributed by atoms with Gasteiger partial charge in [-0.3, -0.25) is 0 Å². The van der Waals surface area contributed by atoms with Crippen LogP contribution >= 0.6 is 0 Å². The molecule has 2 aliphatic carbocycles. The normalized spacial score (nSPS) is 25.4. The Bertz CT molecular complexity index is 168. The fourth-order valence-corrected chi connectivity index (χ4v) is 2.96. The Morgan fingerprint density at radius 2 is 1.80 bits per heavy atom. The Labute approximate surface area is 95.0 Å². The summed E-state index contributed by atoms with van der Waals surface area (Å²) in [6, 6.07) is 0.788. The third kappa shape index (κ3) is 4.14. The lowest BCUT2D eigenvalue weighted by Crippen LogP contribution is -2.29. The van der Waals surface area contributed by atoms with E-state index in [4.69, 9.17) is 0 Å². The molecule has 2 aliphatic rings. The first-order chi connectivity index (χ1) is 7.36. The lowest BCUT2D eigenvalue weighted by molar-refractivity contribution is 0.327. The van der Waals surface area contributed by atoms with Gasteiger partial charge in [0.15, 0.2) is 0 Å². The zero-order valence-corrected chi connectivity index (χ0v) is 10.3. The molecule has 1 heteroatoms. The molecule has 0 aliphatic heterocycles. The van der Waals surface area contributed by atoms with Crippen molar-refractivity contribution in [1.29, 1.82) is 0 Å². The summed E-state index contributed by atoms with van der Waals surface area (Å²) in [5, 5.41) is 3.68. The molecule has 1 N–H and O–H groups in total. The van der Waals surface area contributed by atoms with E-state index in [1.807, 2.05) is 0 Å². The largest absolute Gasteiger partial charge is 0.314 e. The van der Waals surface area contributed by atoms with Crippen LogP contribution in [0.5, 0.6) is 0 Å². The van der Waals surface area contributed by atoms with E-state index in [9.17, 15) is 0 Å². The van der Waals surface area contributed by atoms with Gasteiger partial charge in [0.2, 0.25) is 0 Å². The van der Waals surface area contributed by atoms with Crippen molar-refractivity contribution in [3.8, 4) is 0 Å². The summed E-state index contributed by atoms with van der Waals surface area (Å²) in [7, 11) is 0. The van der Waals surface area contributed by atoms with E-state index in [-0.39, 0.29) is 0 Å². The van der Waals surface area contributed by atoms with Crippen molar-refractivity contribution in [2.24, 2.45) is 11.8 Å². The average molecular weight is 209 g/mol. The molecular weight excluding hydrogens is 182 g/mol. The Kier molecular flexibility index (Phi) is 4.49. The Morgan fingerprint density at radius 3 is 2.47 bits per heavy atom. The second kappa shape index (κ2) is 5.89. The minimum Gasteiger partial charge on any atom is -0.314 e. The van der Waals surface area contributed by atoms with Gasteiger partial charge in [0.05, 0.1) is 0 Å². The van der Waals surface area contributed by atoms with Crippen molar-refractivity contribution in [1.82, 2.24) is 5.32 Å². The van der Waals surface area contributed by atoms with Gasteiger partial charge in [-0.15, -0.1) is 0 Å². The van der Waals surface area contributed by atoms with Crippen molar-refractivity contribution in [3.05, 3.63) is 0 Å². The second-order valence-corrected chi connectivity index (χ2v) is 5.73. The molecule has 2 fully saturated rings. The van der Waals surface area contributed by atoms with E-state index in [1.165, 1.54) is 64.3 Å². The molecule has 1 unspecified atom stereocenters. The Balaban J connectivity index is 1.46. The lowest BCUT2D eigenvalue weighted by Gasteiger charge is -2.21. The summed E-state index contributed by atoms with van der Waals surface area (Å²) in [6.07, 6.45) is 13.3. The van der Waals surface area contributed by atoms with Crippen LogP contribution in [0.3, 0.4) is 0 Å². The van der Waals surface area contributed by atoms with Gasteiger partial charge in [-0.05, 0) is 51.0 Å². The lowest BCUT2D eigenvalue weighted by atomic mass is 9.86. The second-order valence-electron chi connectivity index (χ2n) is 5.73. The highest BCUT2D eigenvalue weighted by Crippen LogP contribution is 2.32. The van der Waals surface area contributed by atoms with E-state index in [0.29, 0.717) is 0 Å². The summed E-state index contributed by atoms with van der Waals surface area (Å²) in [6.45, 7) is 3.62. The Hall–Kier alpha value is -0.0400. The molecule has 0 aromatic rings. The fraction of sp³-hybridized carbons (Fsp3) is 1.00. The smallest absolute Gasteiger partial charge is 0.00669 e. The van der Waals surface area contributed by atoms with Crippen molar-refractivity contribution >= 4 is 0 Å². The van der Waals surface area contributed by atoms with Gasteiger partial charge < -0.3 is 5.32 Å². The Morgan fingerprint density at radius 1 is 1.07 bits per heavy atom. The molecule has 2 rings (SSSR count). The highest BCUT2D eigenvalue weighted by molar-refractivity contribution is 4.83. The van der Waals surface area contributed by atoms with Crippen molar-refractivity contribution < 1.29 is 0 Å². The molecule has 0 radical (unpaired) electrons.